The molecule has 31 heavy (non-hydrogen) atoms. The molecule has 2 aliphatic heterocycles. The Morgan fingerprint density at radius 3 is 2.94 bits per heavy atom. The first-order chi connectivity index (χ1) is 15.2. The molecule has 9 heteroatoms. The number of imidazole rings is 1. The highest BCUT2D eigenvalue weighted by Gasteiger charge is 2.22. The molecule has 4 heterocycles. The van der Waals surface area contributed by atoms with E-state index in [0.717, 1.165) is 54.8 Å². The number of ether oxygens (including phenoxy) is 1. The second-order valence-electron chi connectivity index (χ2n) is 8.08. The summed E-state index contributed by atoms with van der Waals surface area (Å²) in [6.45, 7) is 3.81. The lowest BCUT2D eigenvalue weighted by atomic mass is 10.00. The van der Waals surface area contributed by atoms with E-state index >= 15 is 0 Å². The standard InChI is InChI=1S/C22H25ClN6O2/c23-17-9-25-21(28-22(30)19-10-24-12-26-19)8-16(17)15-1-2-18-20(7-15)29(13-27-18)11-14-3-5-31-6-4-14/h1-2,7-9,13-14,19,24,26H,3-6,10-12H2,(H,25,28,30). The van der Waals surface area contributed by atoms with Gasteiger partial charge in [0.1, 0.15) is 11.9 Å². The molecule has 5 rings (SSSR count). The van der Waals surface area contributed by atoms with Crippen molar-refractivity contribution >= 4 is 34.4 Å². The fourth-order valence-corrected chi connectivity index (χ4v) is 4.40. The molecule has 0 spiro atoms. The summed E-state index contributed by atoms with van der Waals surface area (Å²) in [5, 5.41) is 9.62. The number of hydrogen-bond donors (Lipinski definition) is 3. The van der Waals surface area contributed by atoms with Gasteiger partial charge in [0.15, 0.2) is 0 Å². The molecule has 1 amide bonds. The third kappa shape index (κ3) is 4.43. The van der Waals surface area contributed by atoms with Crippen molar-refractivity contribution in [2.75, 3.05) is 31.7 Å². The summed E-state index contributed by atoms with van der Waals surface area (Å²) in [5.74, 6) is 0.962. The lowest BCUT2D eigenvalue weighted by Gasteiger charge is -2.22. The molecule has 162 valence electrons. The van der Waals surface area contributed by atoms with E-state index in [-0.39, 0.29) is 11.9 Å². The summed E-state index contributed by atoms with van der Waals surface area (Å²) in [6.07, 6.45) is 5.64. The number of anilines is 1. The van der Waals surface area contributed by atoms with Crippen LogP contribution in [0.1, 0.15) is 12.8 Å². The number of rotatable bonds is 5. The SMILES string of the molecule is O=C(Nc1cc(-c2ccc3ncn(CC4CCOCC4)c3c2)c(Cl)cn1)C1CNCN1. The topological polar surface area (TPSA) is 93.1 Å². The first kappa shape index (κ1) is 20.4. The number of aromatic nitrogens is 3. The van der Waals surface area contributed by atoms with Crippen LogP contribution in [0, 0.1) is 5.92 Å². The zero-order valence-electron chi connectivity index (χ0n) is 17.1. The number of carbonyl (C=O) groups is 1. The Balaban J connectivity index is 1.41. The normalized spacial score (nSPS) is 19.7. The van der Waals surface area contributed by atoms with Gasteiger partial charge >= 0.3 is 0 Å². The Hall–Kier alpha value is -2.52. The van der Waals surface area contributed by atoms with Crippen LogP contribution in [0.5, 0.6) is 0 Å². The van der Waals surface area contributed by atoms with Crippen LogP contribution in [-0.2, 0) is 16.1 Å². The third-order valence-corrected chi connectivity index (χ3v) is 6.27. The average Bonchev–Trinajstić information content (AvgIpc) is 3.46. The van der Waals surface area contributed by atoms with Gasteiger partial charge in [-0.25, -0.2) is 9.97 Å². The van der Waals surface area contributed by atoms with Crippen molar-refractivity contribution in [3.05, 3.63) is 41.8 Å². The first-order valence-electron chi connectivity index (χ1n) is 10.6. The molecule has 8 nitrogen and oxygen atoms in total. The number of nitrogens with zero attached hydrogens (tertiary/aromatic N) is 3. The van der Waals surface area contributed by atoms with Crippen molar-refractivity contribution in [3.63, 3.8) is 0 Å². The molecule has 2 saturated heterocycles. The minimum absolute atomic E-state index is 0.115. The fraction of sp³-hybridized carbons (Fsp3) is 0.409. The first-order valence-corrected chi connectivity index (χ1v) is 11.0. The molecular weight excluding hydrogens is 416 g/mol. The number of benzene rings is 1. The number of halogens is 1. The van der Waals surface area contributed by atoms with Crippen LogP contribution >= 0.6 is 11.6 Å². The maximum absolute atomic E-state index is 12.4. The van der Waals surface area contributed by atoms with Crippen molar-refractivity contribution in [2.45, 2.75) is 25.4 Å². The second kappa shape index (κ2) is 8.92. The lowest BCUT2D eigenvalue weighted by molar-refractivity contribution is -0.117. The molecule has 0 bridgehead atoms. The van der Waals surface area contributed by atoms with Crippen molar-refractivity contribution < 1.29 is 9.53 Å². The molecule has 1 aromatic carbocycles. The summed E-state index contributed by atoms with van der Waals surface area (Å²) in [7, 11) is 0. The van der Waals surface area contributed by atoms with E-state index in [9.17, 15) is 4.79 Å². The van der Waals surface area contributed by atoms with Crippen LogP contribution in [0.15, 0.2) is 36.8 Å². The Labute approximate surface area is 185 Å². The Kier molecular flexibility index (Phi) is 5.87. The van der Waals surface area contributed by atoms with E-state index in [1.165, 1.54) is 0 Å². The lowest BCUT2D eigenvalue weighted by Crippen LogP contribution is -2.37. The molecule has 0 aliphatic carbocycles. The summed E-state index contributed by atoms with van der Waals surface area (Å²) in [5.41, 5.74) is 3.81. The molecule has 3 aromatic rings. The maximum atomic E-state index is 12.4. The number of amides is 1. The van der Waals surface area contributed by atoms with Gasteiger partial charge in [-0.1, -0.05) is 17.7 Å². The molecule has 1 atom stereocenters. The Bertz CT molecular complexity index is 1090. The number of fused-ring (bicyclic) bond motifs is 1. The monoisotopic (exact) mass is 440 g/mol. The molecule has 2 fully saturated rings. The van der Waals surface area contributed by atoms with E-state index in [4.69, 9.17) is 16.3 Å². The highest BCUT2D eigenvalue weighted by Crippen LogP contribution is 2.32. The van der Waals surface area contributed by atoms with Gasteiger partial charge in [0.25, 0.3) is 0 Å². The zero-order chi connectivity index (χ0) is 21.2. The number of carbonyl (C=O) groups excluding carboxylic acids is 1. The van der Waals surface area contributed by atoms with Crippen LogP contribution in [0.2, 0.25) is 5.02 Å². The summed E-state index contributed by atoms with van der Waals surface area (Å²) >= 11 is 6.48. The highest BCUT2D eigenvalue weighted by atomic mass is 35.5. The minimum Gasteiger partial charge on any atom is -0.381 e. The average molecular weight is 441 g/mol. The van der Waals surface area contributed by atoms with Gasteiger partial charge in [0.2, 0.25) is 5.91 Å². The van der Waals surface area contributed by atoms with Crippen molar-refractivity contribution in [3.8, 4) is 11.1 Å². The molecule has 0 saturated carbocycles. The van der Waals surface area contributed by atoms with Crippen LogP contribution < -0.4 is 16.0 Å². The molecule has 2 aliphatic rings. The van der Waals surface area contributed by atoms with Gasteiger partial charge in [-0.3, -0.25) is 10.1 Å². The quantitative estimate of drug-likeness (QED) is 0.564. The van der Waals surface area contributed by atoms with Gasteiger partial charge in [-0.15, -0.1) is 0 Å². The van der Waals surface area contributed by atoms with E-state index in [2.05, 4.69) is 36.6 Å². The summed E-state index contributed by atoms with van der Waals surface area (Å²) in [4.78, 5) is 21.3. The van der Waals surface area contributed by atoms with Crippen molar-refractivity contribution in [1.29, 1.82) is 0 Å². The minimum atomic E-state index is -0.267. The maximum Gasteiger partial charge on any atom is 0.244 e. The Morgan fingerprint density at radius 1 is 1.26 bits per heavy atom. The number of hydrogen-bond acceptors (Lipinski definition) is 6. The van der Waals surface area contributed by atoms with Gasteiger partial charge in [0.05, 0.1) is 22.4 Å². The number of nitrogens with one attached hydrogen (secondary N) is 3. The van der Waals surface area contributed by atoms with E-state index in [1.54, 1.807) is 6.20 Å². The van der Waals surface area contributed by atoms with E-state index in [1.807, 2.05) is 24.5 Å². The van der Waals surface area contributed by atoms with Crippen LogP contribution in [0.3, 0.4) is 0 Å². The fourth-order valence-electron chi connectivity index (χ4n) is 4.19. The van der Waals surface area contributed by atoms with Crippen molar-refractivity contribution in [2.24, 2.45) is 5.92 Å². The van der Waals surface area contributed by atoms with E-state index < -0.39 is 0 Å². The van der Waals surface area contributed by atoms with Gasteiger partial charge in [0, 0.05) is 44.7 Å². The molecule has 2 aromatic heterocycles. The molecule has 0 radical (unpaired) electrons. The Morgan fingerprint density at radius 2 is 2.13 bits per heavy atom. The van der Waals surface area contributed by atoms with Gasteiger partial charge in [-0.2, -0.15) is 0 Å². The largest absolute Gasteiger partial charge is 0.381 e. The number of pyridine rings is 1. The molecule has 3 N–H and O–H groups in total. The van der Waals surface area contributed by atoms with Gasteiger partial charge in [-0.05, 0) is 42.5 Å². The third-order valence-electron chi connectivity index (χ3n) is 5.97. The molecular formula is C22H25ClN6O2. The summed E-state index contributed by atoms with van der Waals surface area (Å²) < 4.78 is 7.70. The predicted octanol–water partition coefficient (Wildman–Crippen LogP) is 2.64. The van der Waals surface area contributed by atoms with Gasteiger partial charge < -0.3 is 19.9 Å². The van der Waals surface area contributed by atoms with Crippen LogP contribution in [-0.4, -0.2) is 52.9 Å². The van der Waals surface area contributed by atoms with Crippen LogP contribution in [0.4, 0.5) is 5.82 Å². The van der Waals surface area contributed by atoms with Crippen molar-refractivity contribution in [1.82, 2.24) is 25.2 Å². The second-order valence-corrected chi connectivity index (χ2v) is 8.49. The highest BCUT2D eigenvalue weighted by molar-refractivity contribution is 6.33. The zero-order valence-corrected chi connectivity index (χ0v) is 17.9. The van der Waals surface area contributed by atoms with E-state index in [0.29, 0.717) is 30.0 Å². The molecule has 1 unspecified atom stereocenters. The smallest absolute Gasteiger partial charge is 0.244 e. The summed E-state index contributed by atoms with van der Waals surface area (Å²) in [6, 6.07) is 7.68. The van der Waals surface area contributed by atoms with Crippen LogP contribution in [0.25, 0.3) is 22.2 Å². The predicted molar refractivity (Wildman–Crippen MR) is 120 cm³/mol.